The summed E-state index contributed by atoms with van der Waals surface area (Å²) in [5, 5.41) is 4.93. The van der Waals surface area contributed by atoms with Gasteiger partial charge in [0.1, 0.15) is 13.2 Å². The van der Waals surface area contributed by atoms with E-state index in [4.69, 9.17) is 15.2 Å². The van der Waals surface area contributed by atoms with E-state index in [1.807, 2.05) is 17.6 Å². The van der Waals surface area contributed by atoms with E-state index in [1.54, 1.807) is 6.07 Å². The molecule has 0 saturated heterocycles. The van der Waals surface area contributed by atoms with Gasteiger partial charge in [0.2, 0.25) is 5.91 Å². The number of rotatable bonds is 4. The number of hydrogen-bond acceptors (Lipinski definition) is 6. The number of carbonyl (C=O) groups is 2. The van der Waals surface area contributed by atoms with Gasteiger partial charge in [-0.05, 0) is 12.3 Å². The second-order valence-corrected chi connectivity index (χ2v) is 4.81. The first kappa shape index (κ1) is 14.3. The molecule has 3 amide bonds. The zero-order chi connectivity index (χ0) is 14.5. The van der Waals surface area contributed by atoms with Crippen LogP contribution in [0.3, 0.4) is 0 Å². The molecule has 0 unspecified atom stereocenters. The van der Waals surface area contributed by atoms with Crippen LogP contribution in [0.15, 0.2) is 17.0 Å². The Bertz CT molecular complexity index is 536. The van der Waals surface area contributed by atoms with Gasteiger partial charge in [0, 0.05) is 11.0 Å². The summed E-state index contributed by atoms with van der Waals surface area (Å²) in [5.41, 5.74) is 5.61. The molecule has 1 aromatic carbocycles. The van der Waals surface area contributed by atoms with E-state index >= 15 is 0 Å². The standard InChI is InChI=1S/C12H15N3O4S/c1-20-10-5-9-8(18-2-3-19-9)4-7(10)14-6-11(16)15-12(13)17/h4-5,14H,2-3,6H2,1H3,(H3,13,15,16,17). The molecule has 0 radical (unpaired) electrons. The molecule has 1 aromatic rings. The highest BCUT2D eigenvalue weighted by atomic mass is 32.2. The molecule has 1 heterocycles. The number of fused-ring (bicyclic) bond motifs is 1. The zero-order valence-corrected chi connectivity index (χ0v) is 11.7. The molecular weight excluding hydrogens is 282 g/mol. The van der Waals surface area contributed by atoms with Crippen LogP contribution in [-0.2, 0) is 4.79 Å². The predicted molar refractivity (Wildman–Crippen MR) is 75.4 cm³/mol. The Hall–Kier alpha value is -2.09. The summed E-state index contributed by atoms with van der Waals surface area (Å²) in [7, 11) is 0. The summed E-state index contributed by atoms with van der Waals surface area (Å²) in [6, 6.07) is 2.76. The van der Waals surface area contributed by atoms with Gasteiger partial charge in [-0.2, -0.15) is 0 Å². The summed E-state index contributed by atoms with van der Waals surface area (Å²) >= 11 is 1.51. The number of nitrogens with one attached hydrogen (secondary N) is 2. The molecule has 8 heteroatoms. The topological polar surface area (TPSA) is 103 Å². The van der Waals surface area contributed by atoms with E-state index in [0.717, 1.165) is 10.6 Å². The van der Waals surface area contributed by atoms with Crippen LogP contribution in [0.1, 0.15) is 0 Å². The van der Waals surface area contributed by atoms with E-state index in [2.05, 4.69) is 5.32 Å². The predicted octanol–water partition coefficient (Wildman–Crippen LogP) is 0.786. The Morgan fingerprint density at radius 2 is 1.95 bits per heavy atom. The Morgan fingerprint density at radius 1 is 1.30 bits per heavy atom. The molecule has 0 atom stereocenters. The number of benzene rings is 1. The van der Waals surface area contributed by atoms with Crippen molar-refractivity contribution in [3.63, 3.8) is 0 Å². The summed E-state index contributed by atoms with van der Waals surface area (Å²) in [4.78, 5) is 22.9. The third-order valence-electron chi connectivity index (χ3n) is 2.57. The highest BCUT2D eigenvalue weighted by molar-refractivity contribution is 7.98. The van der Waals surface area contributed by atoms with Crippen molar-refractivity contribution in [1.29, 1.82) is 0 Å². The van der Waals surface area contributed by atoms with Gasteiger partial charge in [0.25, 0.3) is 0 Å². The molecule has 0 aromatic heterocycles. The van der Waals surface area contributed by atoms with Gasteiger partial charge < -0.3 is 20.5 Å². The lowest BCUT2D eigenvalue weighted by Crippen LogP contribution is -2.38. The number of nitrogens with two attached hydrogens (primary N) is 1. The molecule has 7 nitrogen and oxygen atoms in total. The smallest absolute Gasteiger partial charge is 0.318 e. The number of primary amides is 1. The maximum Gasteiger partial charge on any atom is 0.318 e. The number of urea groups is 1. The number of imide groups is 1. The molecule has 0 saturated carbocycles. The van der Waals surface area contributed by atoms with Gasteiger partial charge in [-0.3, -0.25) is 10.1 Å². The van der Waals surface area contributed by atoms with Gasteiger partial charge >= 0.3 is 6.03 Å². The molecule has 108 valence electrons. The highest BCUT2D eigenvalue weighted by Crippen LogP contribution is 2.39. The number of anilines is 1. The lowest BCUT2D eigenvalue weighted by molar-refractivity contribution is -0.118. The Morgan fingerprint density at radius 3 is 2.55 bits per heavy atom. The van der Waals surface area contributed by atoms with Gasteiger partial charge in [-0.1, -0.05) is 0 Å². The van der Waals surface area contributed by atoms with Crippen molar-refractivity contribution in [3.05, 3.63) is 12.1 Å². The second kappa shape index (κ2) is 6.38. The Labute approximate surface area is 120 Å². The summed E-state index contributed by atoms with van der Waals surface area (Å²) in [6.07, 6.45) is 1.92. The van der Waals surface area contributed by atoms with Crippen molar-refractivity contribution >= 4 is 29.4 Å². The molecule has 0 bridgehead atoms. The molecule has 4 N–H and O–H groups in total. The van der Waals surface area contributed by atoms with Crippen molar-refractivity contribution < 1.29 is 19.1 Å². The molecule has 1 aliphatic rings. The lowest BCUT2D eigenvalue weighted by atomic mass is 10.2. The summed E-state index contributed by atoms with van der Waals surface area (Å²) in [5.74, 6) is 0.819. The molecule has 1 aliphatic heterocycles. The Kier molecular flexibility index (Phi) is 4.57. The van der Waals surface area contributed by atoms with Crippen LogP contribution in [-0.4, -0.2) is 38.0 Å². The van der Waals surface area contributed by atoms with Crippen LogP contribution in [0.5, 0.6) is 11.5 Å². The minimum absolute atomic E-state index is 0.0594. The first-order valence-electron chi connectivity index (χ1n) is 5.91. The Balaban J connectivity index is 2.10. The second-order valence-electron chi connectivity index (χ2n) is 3.96. The van der Waals surface area contributed by atoms with E-state index < -0.39 is 11.9 Å². The number of hydrogen-bond donors (Lipinski definition) is 3. The van der Waals surface area contributed by atoms with E-state index in [9.17, 15) is 9.59 Å². The third-order valence-corrected chi connectivity index (χ3v) is 3.34. The fourth-order valence-corrected chi connectivity index (χ4v) is 2.31. The van der Waals surface area contributed by atoms with Crippen LogP contribution >= 0.6 is 11.8 Å². The van der Waals surface area contributed by atoms with Crippen molar-refractivity contribution in [1.82, 2.24) is 5.32 Å². The van der Waals surface area contributed by atoms with Crippen LogP contribution in [0, 0.1) is 0 Å². The first-order chi connectivity index (χ1) is 9.60. The summed E-state index contributed by atoms with van der Waals surface area (Å²) < 4.78 is 11.0. The van der Waals surface area contributed by atoms with Crippen LogP contribution in [0.25, 0.3) is 0 Å². The average Bonchev–Trinajstić information content (AvgIpc) is 2.43. The van der Waals surface area contributed by atoms with E-state index in [1.165, 1.54) is 11.8 Å². The largest absolute Gasteiger partial charge is 0.486 e. The minimum Gasteiger partial charge on any atom is -0.486 e. The van der Waals surface area contributed by atoms with Crippen molar-refractivity contribution in [2.24, 2.45) is 5.73 Å². The normalized spacial score (nSPS) is 12.7. The van der Waals surface area contributed by atoms with Crippen LogP contribution < -0.4 is 25.8 Å². The zero-order valence-electron chi connectivity index (χ0n) is 10.9. The minimum atomic E-state index is -0.871. The van der Waals surface area contributed by atoms with Crippen LogP contribution in [0.2, 0.25) is 0 Å². The monoisotopic (exact) mass is 297 g/mol. The molecule has 2 rings (SSSR count). The molecular formula is C12H15N3O4S. The van der Waals surface area contributed by atoms with Gasteiger partial charge in [-0.25, -0.2) is 4.79 Å². The quantitative estimate of drug-likeness (QED) is 0.710. The van der Waals surface area contributed by atoms with Gasteiger partial charge in [0.15, 0.2) is 11.5 Å². The first-order valence-corrected chi connectivity index (χ1v) is 7.13. The van der Waals surface area contributed by atoms with E-state index in [0.29, 0.717) is 24.7 Å². The van der Waals surface area contributed by atoms with Crippen molar-refractivity contribution in [2.75, 3.05) is 31.3 Å². The van der Waals surface area contributed by atoms with Gasteiger partial charge in [-0.15, -0.1) is 11.8 Å². The fraction of sp³-hybridized carbons (Fsp3) is 0.333. The van der Waals surface area contributed by atoms with E-state index in [-0.39, 0.29) is 6.54 Å². The van der Waals surface area contributed by atoms with Crippen LogP contribution in [0.4, 0.5) is 10.5 Å². The maximum absolute atomic E-state index is 11.4. The summed E-state index contributed by atoms with van der Waals surface area (Å²) in [6.45, 7) is 0.956. The fourth-order valence-electron chi connectivity index (χ4n) is 1.73. The lowest BCUT2D eigenvalue weighted by Gasteiger charge is -2.21. The van der Waals surface area contributed by atoms with Gasteiger partial charge in [0.05, 0.1) is 12.2 Å². The number of ether oxygens (including phenoxy) is 2. The molecule has 0 aliphatic carbocycles. The average molecular weight is 297 g/mol. The highest BCUT2D eigenvalue weighted by Gasteiger charge is 2.16. The van der Waals surface area contributed by atoms with Crippen molar-refractivity contribution in [3.8, 4) is 11.5 Å². The maximum atomic E-state index is 11.4. The number of carbonyl (C=O) groups excluding carboxylic acids is 2. The molecule has 0 fully saturated rings. The molecule has 0 spiro atoms. The third kappa shape index (κ3) is 3.47. The molecule has 20 heavy (non-hydrogen) atoms. The van der Waals surface area contributed by atoms with Crippen molar-refractivity contribution in [2.45, 2.75) is 4.90 Å². The number of thioether (sulfide) groups is 1. The SMILES string of the molecule is CSc1cc2c(cc1NCC(=O)NC(N)=O)OCCO2. The number of amides is 3.